The summed E-state index contributed by atoms with van der Waals surface area (Å²) in [5.74, 6) is 0.265. The van der Waals surface area contributed by atoms with Crippen LogP contribution in [0.25, 0.3) is 0 Å². The Balaban J connectivity index is 2.63. The van der Waals surface area contributed by atoms with Gasteiger partial charge in [-0.15, -0.1) is 0 Å². The number of rotatable bonds is 3. The van der Waals surface area contributed by atoms with Gasteiger partial charge < -0.3 is 5.32 Å². The molecule has 1 rings (SSSR count). The van der Waals surface area contributed by atoms with Crippen molar-refractivity contribution in [2.45, 2.75) is 13.8 Å². The standard InChI is InChI=1S/C11H13N3O/c1-8(2)6-14-11(15)9-3-4-10(5-12)13-7-9/h3-4,7-8H,6H2,1-2H3,(H,14,15). The molecule has 1 N–H and O–H groups in total. The van der Waals surface area contributed by atoms with Crippen LogP contribution in [0, 0.1) is 17.2 Å². The SMILES string of the molecule is CC(C)CNC(=O)c1ccc(C#N)nc1. The lowest BCUT2D eigenvalue weighted by atomic mass is 10.2. The van der Waals surface area contributed by atoms with E-state index in [4.69, 9.17) is 5.26 Å². The predicted octanol–water partition coefficient (Wildman–Crippen LogP) is 1.34. The molecule has 0 saturated carbocycles. The Kier molecular flexibility index (Phi) is 3.81. The first-order chi connectivity index (χ1) is 7.13. The second kappa shape index (κ2) is 5.11. The third-order valence-electron chi connectivity index (χ3n) is 1.81. The average molecular weight is 203 g/mol. The minimum absolute atomic E-state index is 0.152. The fourth-order valence-corrected chi connectivity index (χ4v) is 0.993. The molecule has 0 aromatic carbocycles. The van der Waals surface area contributed by atoms with Crippen LogP contribution in [-0.2, 0) is 0 Å². The number of carbonyl (C=O) groups is 1. The zero-order valence-corrected chi connectivity index (χ0v) is 8.82. The quantitative estimate of drug-likeness (QED) is 0.806. The second-order valence-electron chi connectivity index (χ2n) is 3.65. The van der Waals surface area contributed by atoms with Crippen molar-refractivity contribution in [2.24, 2.45) is 5.92 Å². The maximum absolute atomic E-state index is 11.5. The van der Waals surface area contributed by atoms with Crippen molar-refractivity contribution in [1.82, 2.24) is 10.3 Å². The van der Waals surface area contributed by atoms with Crippen LogP contribution in [0.1, 0.15) is 29.9 Å². The summed E-state index contributed by atoms with van der Waals surface area (Å²) in [5.41, 5.74) is 0.796. The van der Waals surface area contributed by atoms with Crippen molar-refractivity contribution in [3.8, 4) is 6.07 Å². The van der Waals surface area contributed by atoms with Gasteiger partial charge in [0.15, 0.2) is 0 Å². The number of nitriles is 1. The van der Waals surface area contributed by atoms with Crippen molar-refractivity contribution < 1.29 is 4.79 Å². The largest absolute Gasteiger partial charge is 0.352 e. The Labute approximate surface area is 88.9 Å². The normalized spacial score (nSPS) is 9.73. The Morgan fingerprint density at radius 2 is 2.33 bits per heavy atom. The summed E-state index contributed by atoms with van der Waals surface area (Å²) in [6.45, 7) is 4.69. The van der Waals surface area contributed by atoms with Crippen molar-refractivity contribution in [1.29, 1.82) is 5.26 Å². The average Bonchev–Trinajstić information content (AvgIpc) is 2.26. The van der Waals surface area contributed by atoms with E-state index in [-0.39, 0.29) is 5.91 Å². The van der Waals surface area contributed by atoms with Gasteiger partial charge in [-0.2, -0.15) is 5.26 Å². The predicted molar refractivity (Wildman–Crippen MR) is 56.1 cm³/mol. The zero-order chi connectivity index (χ0) is 11.3. The summed E-state index contributed by atoms with van der Waals surface area (Å²) in [6, 6.07) is 5.03. The number of hydrogen-bond donors (Lipinski definition) is 1. The van der Waals surface area contributed by atoms with E-state index in [2.05, 4.69) is 10.3 Å². The van der Waals surface area contributed by atoms with Crippen molar-refractivity contribution in [2.75, 3.05) is 6.54 Å². The molecule has 0 radical (unpaired) electrons. The number of pyridine rings is 1. The van der Waals surface area contributed by atoms with Gasteiger partial charge in [0.25, 0.3) is 5.91 Å². The third kappa shape index (κ3) is 3.39. The van der Waals surface area contributed by atoms with Crippen LogP contribution in [0.2, 0.25) is 0 Å². The Bertz CT molecular complexity index is 376. The molecular weight excluding hydrogens is 190 g/mol. The molecule has 78 valence electrons. The van der Waals surface area contributed by atoms with Gasteiger partial charge in [-0.3, -0.25) is 4.79 Å². The van der Waals surface area contributed by atoms with Crippen LogP contribution >= 0.6 is 0 Å². The van der Waals surface area contributed by atoms with Gasteiger partial charge in [0, 0.05) is 12.7 Å². The molecule has 1 amide bonds. The fraction of sp³-hybridized carbons (Fsp3) is 0.364. The van der Waals surface area contributed by atoms with E-state index in [9.17, 15) is 4.79 Å². The number of carbonyl (C=O) groups excluding carboxylic acids is 1. The van der Waals surface area contributed by atoms with Gasteiger partial charge in [0.2, 0.25) is 0 Å². The summed E-state index contributed by atoms with van der Waals surface area (Å²) >= 11 is 0. The van der Waals surface area contributed by atoms with Gasteiger partial charge in [-0.1, -0.05) is 13.8 Å². The maximum atomic E-state index is 11.5. The molecule has 1 aromatic heterocycles. The van der Waals surface area contributed by atoms with E-state index in [1.54, 1.807) is 6.07 Å². The van der Waals surface area contributed by atoms with Crippen LogP contribution < -0.4 is 5.32 Å². The van der Waals surface area contributed by atoms with Gasteiger partial charge >= 0.3 is 0 Å². The number of aromatic nitrogens is 1. The molecule has 0 aliphatic rings. The molecule has 4 heteroatoms. The molecule has 0 bridgehead atoms. The van der Waals surface area contributed by atoms with Crippen molar-refractivity contribution in [3.05, 3.63) is 29.6 Å². The monoisotopic (exact) mass is 203 g/mol. The lowest BCUT2D eigenvalue weighted by molar-refractivity contribution is 0.0948. The highest BCUT2D eigenvalue weighted by atomic mass is 16.1. The summed E-state index contributed by atoms with van der Waals surface area (Å²) in [5, 5.41) is 11.3. The first kappa shape index (κ1) is 11.2. The van der Waals surface area contributed by atoms with E-state index >= 15 is 0 Å². The minimum atomic E-state index is -0.152. The van der Waals surface area contributed by atoms with Crippen molar-refractivity contribution in [3.63, 3.8) is 0 Å². The highest BCUT2D eigenvalue weighted by molar-refractivity contribution is 5.93. The lowest BCUT2D eigenvalue weighted by Gasteiger charge is -2.06. The van der Waals surface area contributed by atoms with E-state index in [1.165, 1.54) is 12.3 Å². The van der Waals surface area contributed by atoms with Crippen LogP contribution in [0.15, 0.2) is 18.3 Å². The molecule has 0 fully saturated rings. The van der Waals surface area contributed by atoms with E-state index in [0.29, 0.717) is 23.7 Å². The van der Waals surface area contributed by atoms with Crippen LogP contribution in [0.5, 0.6) is 0 Å². The number of hydrogen-bond acceptors (Lipinski definition) is 3. The minimum Gasteiger partial charge on any atom is -0.352 e. The molecule has 0 aliphatic heterocycles. The Morgan fingerprint density at radius 3 is 2.80 bits per heavy atom. The first-order valence-corrected chi connectivity index (χ1v) is 4.78. The van der Waals surface area contributed by atoms with E-state index < -0.39 is 0 Å². The van der Waals surface area contributed by atoms with Crippen LogP contribution in [-0.4, -0.2) is 17.4 Å². The van der Waals surface area contributed by atoms with Gasteiger partial charge in [-0.25, -0.2) is 4.98 Å². The fourth-order valence-electron chi connectivity index (χ4n) is 0.993. The van der Waals surface area contributed by atoms with E-state index in [1.807, 2.05) is 19.9 Å². The highest BCUT2D eigenvalue weighted by Gasteiger charge is 2.05. The highest BCUT2D eigenvalue weighted by Crippen LogP contribution is 1.99. The Hall–Kier alpha value is -1.89. The molecule has 0 saturated heterocycles. The molecule has 0 spiro atoms. The molecule has 4 nitrogen and oxygen atoms in total. The van der Waals surface area contributed by atoms with Crippen molar-refractivity contribution >= 4 is 5.91 Å². The van der Waals surface area contributed by atoms with Gasteiger partial charge in [-0.05, 0) is 18.1 Å². The smallest absolute Gasteiger partial charge is 0.252 e. The molecule has 0 atom stereocenters. The third-order valence-corrected chi connectivity index (χ3v) is 1.81. The van der Waals surface area contributed by atoms with Gasteiger partial charge in [0.1, 0.15) is 11.8 Å². The van der Waals surface area contributed by atoms with E-state index in [0.717, 1.165) is 0 Å². The molecular formula is C11H13N3O. The van der Waals surface area contributed by atoms with Crippen LogP contribution in [0.4, 0.5) is 0 Å². The zero-order valence-electron chi connectivity index (χ0n) is 8.82. The molecule has 15 heavy (non-hydrogen) atoms. The number of amides is 1. The van der Waals surface area contributed by atoms with Crippen LogP contribution in [0.3, 0.4) is 0 Å². The summed E-state index contributed by atoms with van der Waals surface area (Å²) in [7, 11) is 0. The first-order valence-electron chi connectivity index (χ1n) is 4.78. The molecule has 1 aromatic rings. The van der Waals surface area contributed by atoms with Gasteiger partial charge in [0.05, 0.1) is 5.56 Å². The Morgan fingerprint density at radius 1 is 1.60 bits per heavy atom. The number of nitrogens with one attached hydrogen (secondary N) is 1. The summed E-state index contributed by atoms with van der Waals surface area (Å²) < 4.78 is 0. The lowest BCUT2D eigenvalue weighted by Crippen LogP contribution is -2.27. The molecule has 1 heterocycles. The summed E-state index contributed by atoms with van der Waals surface area (Å²) in [4.78, 5) is 15.3. The topological polar surface area (TPSA) is 65.8 Å². The molecule has 0 aliphatic carbocycles. The number of nitrogens with zero attached hydrogens (tertiary/aromatic N) is 2. The second-order valence-corrected chi connectivity index (χ2v) is 3.65. The molecule has 0 unspecified atom stereocenters. The summed E-state index contributed by atoms with van der Waals surface area (Å²) in [6.07, 6.45) is 1.41. The maximum Gasteiger partial charge on any atom is 0.252 e.